The molecule has 0 bridgehead atoms. The minimum absolute atomic E-state index is 0.165. The number of nitrogens with zero attached hydrogens (tertiary/aromatic N) is 4. The Morgan fingerprint density at radius 1 is 1.24 bits per heavy atom. The van der Waals surface area contributed by atoms with Crippen LogP contribution in [-0.2, 0) is 0 Å². The highest BCUT2D eigenvalue weighted by Gasteiger charge is 2.25. The van der Waals surface area contributed by atoms with E-state index in [4.69, 9.17) is 5.53 Å². The Hall–Kier alpha value is -1.80. The third kappa shape index (κ3) is 3.61. The van der Waals surface area contributed by atoms with Crippen molar-refractivity contribution in [1.82, 2.24) is 0 Å². The molecule has 1 aromatic rings. The lowest BCUT2D eigenvalue weighted by Crippen LogP contribution is -2.30. The standard InChI is InChI=1S/C13H18N4/c1-10(2)15-12(13(3,4)16-17-14)11-8-6-5-7-9-11/h5-10H,1-4H3. The van der Waals surface area contributed by atoms with E-state index >= 15 is 0 Å². The van der Waals surface area contributed by atoms with Gasteiger partial charge in [0.15, 0.2) is 0 Å². The first kappa shape index (κ1) is 13.3. The van der Waals surface area contributed by atoms with Crippen molar-refractivity contribution >= 4 is 5.71 Å². The summed E-state index contributed by atoms with van der Waals surface area (Å²) in [5.74, 6) is 0. The van der Waals surface area contributed by atoms with Gasteiger partial charge in [-0.25, -0.2) is 0 Å². The van der Waals surface area contributed by atoms with Crippen molar-refractivity contribution in [3.8, 4) is 0 Å². The van der Waals surface area contributed by atoms with Crippen molar-refractivity contribution in [2.24, 2.45) is 10.1 Å². The second-order valence-corrected chi connectivity index (χ2v) is 4.69. The van der Waals surface area contributed by atoms with E-state index in [9.17, 15) is 0 Å². The molecule has 4 heteroatoms. The van der Waals surface area contributed by atoms with Gasteiger partial charge in [0.1, 0.15) is 0 Å². The van der Waals surface area contributed by atoms with E-state index in [1.54, 1.807) is 0 Å². The molecule has 0 fully saturated rings. The third-order valence-electron chi connectivity index (χ3n) is 2.31. The molecule has 0 aliphatic carbocycles. The maximum atomic E-state index is 8.64. The highest BCUT2D eigenvalue weighted by atomic mass is 15.2. The van der Waals surface area contributed by atoms with E-state index in [0.29, 0.717) is 0 Å². The van der Waals surface area contributed by atoms with E-state index in [1.807, 2.05) is 58.0 Å². The molecule has 0 N–H and O–H groups in total. The number of hydrogen-bond acceptors (Lipinski definition) is 2. The average molecular weight is 230 g/mol. The summed E-state index contributed by atoms with van der Waals surface area (Å²) < 4.78 is 0. The normalized spacial score (nSPS) is 12.4. The van der Waals surface area contributed by atoms with Crippen LogP contribution in [0.25, 0.3) is 10.4 Å². The van der Waals surface area contributed by atoms with Gasteiger partial charge in [-0.1, -0.05) is 35.4 Å². The van der Waals surface area contributed by atoms with Crippen molar-refractivity contribution in [3.05, 3.63) is 46.3 Å². The predicted molar refractivity (Wildman–Crippen MR) is 71.3 cm³/mol. The third-order valence-corrected chi connectivity index (χ3v) is 2.31. The van der Waals surface area contributed by atoms with Crippen molar-refractivity contribution in [3.63, 3.8) is 0 Å². The molecule has 4 nitrogen and oxygen atoms in total. The summed E-state index contributed by atoms with van der Waals surface area (Å²) in [7, 11) is 0. The van der Waals surface area contributed by atoms with Crippen molar-refractivity contribution in [2.45, 2.75) is 39.3 Å². The first-order valence-electron chi connectivity index (χ1n) is 5.67. The van der Waals surface area contributed by atoms with Gasteiger partial charge in [0.05, 0.1) is 11.3 Å². The molecule has 0 spiro atoms. The smallest absolute Gasteiger partial charge is 0.0855 e. The Morgan fingerprint density at radius 3 is 2.29 bits per heavy atom. The summed E-state index contributed by atoms with van der Waals surface area (Å²) in [5, 5.41) is 3.84. The second kappa shape index (κ2) is 5.51. The van der Waals surface area contributed by atoms with Crippen molar-refractivity contribution in [2.75, 3.05) is 0 Å². The quantitative estimate of drug-likeness (QED) is 0.325. The molecule has 0 aliphatic rings. The van der Waals surface area contributed by atoms with Gasteiger partial charge in [0.25, 0.3) is 0 Å². The van der Waals surface area contributed by atoms with Gasteiger partial charge in [0.2, 0.25) is 0 Å². The monoisotopic (exact) mass is 230 g/mol. The summed E-state index contributed by atoms with van der Waals surface area (Å²) in [6.45, 7) is 7.77. The lowest BCUT2D eigenvalue weighted by Gasteiger charge is -2.22. The second-order valence-electron chi connectivity index (χ2n) is 4.69. The van der Waals surface area contributed by atoms with Crippen LogP contribution >= 0.6 is 0 Å². The van der Waals surface area contributed by atoms with E-state index in [2.05, 4.69) is 15.0 Å². The Kier molecular flexibility index (Phi) is 4.30. The van der Waals surface area contributed by atoms with Gasteiger partial charge in [0, 0.05) is 11.0 Å². The van der Waals surface area contributed by atoms with Crippen LogP contribution in [0.3, 0.4) is 0 Å². The molecule has 0 radical (unpaired) electrons. The fourth-order valence-corrected chi connectivity index (χ4v) is 1.60. The summed E-state index contributed by atoms with van der Waals surface area (Å²) >= 11 is 0. The summed E-state index contributed by atoms with van der Waals surface area (Å²) in [4.78, 5) is 7.49. The molecule has 0 aromatic heterocycles. The summed E-state index contributed by atoms with van der Waals surface area (Å²) in [5.41, 5.74) is 9.82. The molecule has 0 amide bonds. The molecular formula is C13H18N4. The number of hydrogen-bond donors (Lipinski definition) is 0. The van der Waals surface area contributed by atoms with Crippen LogP contribution in [0.15, 0.2) is 40.4 Å². The fraction of sp³-hybridized carbons (Fsp3) is 0.462. The molecule has 1 aromatic carbocycles. The molecule has 0 aliphatic heterocycles. The number of aliphatic imine (C=N–C) groups is 1. The van der Waals surface area contributed by atoms with Gasteiger partial charge in [-0.3, -0.25) is 4.99 Å². The van der Waals surface area contributed by atoms with Gasteiger partial charge in [-0.2, -0.15) is 0 Å². The van der Waals surface area contributed by atoms with Gasteiger partial charge in [-0.15, -0.1) is 0 Å². The molecule has 1 rings (SSSR count). The van der Waals surface area contributed by atoms with Gasteiger partial charge < -0.3 is 0 Å². The van der Waals surface area contributed by atoms with Gasteiger partial charge in [-0.05, 0) is 38.8 Å². The maximum Gasteiger partial charge on any atom is 0.0855 e. The fourth-order valence-electron chi connectivity index (χ4n) is 1.60. The first-order chi connectivity index (χ1) is 7.97. The van der Waals surface area contributed by atoms with E-state index in [1.165, 1.54) is 0 Å². The molecule has 0 heterocycles. The number of azide groups is 1. The van der Waals surface area contributed by atoms with Crippen molar-refractivity contribution in [1.29, 1.82) is 0 Å². The molecule has 90 valence electrons. The van der Waals surface area contributed by atoms with Crippen LogP contribution in [0, 0.1) is 0 Å². The predicted octanol–water partition coefficient (Wildman–Crippen LogP) is 3.97. The number of benzene rings is 1. The SMILES string of the molecule is CC(C)N=C(c1ccccc1)C(C)(C)N=[N+]=[N-]. The van der Waals surface area contributed by atoms with Gasteiger partial charge >= 0.3 is 0 Å². The molecule has 17 heavy (non-hydrogen) atoms. The lowest BCUT2D eigenvalue weighted by molar-refractivity contribution is 0.678. The number of rotatable bonds is 4. The topological polar surface area (TPSA) is 61.1 Å². The van der Waals surface area contributed by atoms with E-state index in [0.717, 1.165) is 11.3 Å². The summed E-state index contributed by atoms with van der Waals surface area (Å²) in [6, 6.07) is 10.00. The minimum atomic E-state index is -0.639. The van der Waals surface area contributed by atoms with Crippen LogP contribution in [0.1, 0.15) is 33.3 Å². The first-order valence-corrected chi connectivity index (χ1v) is 5.67. The largest absolute Gasteiger partial charge is 0.286 e. The molecule has 0 unspecified atom stereocenters. The average Bonchev–Trinajstić information content (AvgIpc) is 2.26. The van der Waals surface area contributed by atoms with E-state index < -0.39 is 5.54 Å². The Bertz CT molecular complexity index is 440. The van der Waals surface area contributed by atoms with Crippen molar-refractivity contribution < 1.29 is 0 Å². The molecule has 0 saturated heterocycles. The molecular weight excluding hydrogens is 212 g/mol. The van der Waals surface area contributed by atoms with Crippen LogP contribution in [-0.4, -0.2) is 17.3 Å². The zero-order valence-electron chi connectivity index (χ0n) is 10.8. The maximum absolute atomic E-state index is 8.64. The zero-order valence-corrected chi connectivity index (χ0v) is 10.8. The highest BCUT2D eigenvalue weighted by Crippen LogP contribution is 2.19. The summed E-state index contributed by atoms with van der Waals surface area (Å²) in [6.07, 6.45) is 0. The Labute approximate surface area is 102 Å². The van der Waals surface area contributed by atoms with Crippen LogP contribution in [0.4, 0.5) is 0 Å². The van der Waals surface area contributed by atoms with Crippen LogP contribution < -0.4 is 0 Å². The molecule has 0 atom stereocenters. The Balaban J connectivity index is 3.28. The zero-order chi connectivity index (χ0) is 12.9. The molecule has 0 saturated carbocycles. The minimum Gasteiger partial charge on any atom is -0.286 e. The van der Waals surface area contributed by atoms with E-state index in [-0.39, 0.29) is 6.04 Å². The Morgan fingerprint density at radius 2 is 1.82 bits per heavy atom. The highest BCUT2D eigenvalue weighted by molar-refractivity contribution is 6.07. The van der Waals surface area contributed by atoms with Crippen LogP contribution in [0.2, 0.25) is 0 Å². The van der Waals surface area contributed by atoms with Crippen LogP contribution in [0.5, 0.6) is 0 Å². The lowest BCUT2D eigenvalue weighted by atomic mass is 9.93.